The van der Waals surface area contributed by atoms with Crippen LogP contribution in [0.3, 0.4) is 0 Å². The lowest BCUT2D eigenvalue weighted by molar-refractivity contribution is 0.141. The number of aliphatic hydroxyl groups is 1. The molecule has 21 heavy (non-hydrogen) atoms. The van der Waals surface area contributed by atoms with Crippen LogP contribution in [-0.4, -0.2) is 15.1 Å². The molecule has 2 unspecified atom stereocenters. The molecule has 1 aliphatic carbocycles. The van der Waals surface area contributed by atoms with Crippen LogP contribution < -0.4 is 11.3 Å². The molecule has 0 amide bonds. The third-order valence-electron chi connectivity index (χ3n) is 4.72. The van der Waals surface area contributed by atoms with Gasteiger partial charge in [-0.15, -0.1) is 0 Å². The Balaban J connectivity index is 2.00. The number of hydrogen-bond donors (Lipinski definition) is 4. The summed E-state index contributed by atoms with van der Waals surface area (Å²) in [6, 6.07) is 2.18. The van der Waals surface area contributed by atoms with Crippen molar-refractivity contribution in [2.75, 3.05) is 0 Å². The molecular formula is C16H24N4O. The maximum absolute atomic E-state index is 9.87. The Morgan fingerprint density at radius 2 is 2.24 bits per heavy atom. The molecule has 2 aromatic rings. The summed E-state index contributed by atoms with van der Waals surface area (Å²) in [4.78, 5) is 7.96. The molecule has 2 atom stereocenters. The van der Waals surface area contributed by atoms with Crippen molar-refractivity contribution in [2.24, 2.45) is 17.2 Å². The lowest BCUT2D eigenvalue weighted by Crippen LogP contribution is -2.28. The molecule has 0 aliphatic heterocycles. The summed E-state index contributed by atoms with van der Waals surface area (Å²) in [5, 5.41) is 9.87. The fourth-order valence-corrected chi connectivity index (χ4v) is 3.26. The predicted molar refractivity (Wildman–Crippen MR) is 83.3 cm³/mol. The smallest absolute Gasteiger partial charge is 0.146 e. The maximum Gasteiger partial charge on any atom is 0.146 e. The van der Waals surface area contributed by atoms with Gasteiger partial charge in [0.05, 0.1) is 11.0 Å². The SMILES string of the molecule is CC(C)(C)C1CCc2nc3c(C(O)NN)c[nH]c3cc2C1. The lowest BCUT2D eigenvalue weighted by Gasteiger charge is -2.34. The van der Waals surface area contributed by atoms with Crippen LogP contribution in [-0.2, 0) is 12.8 Å². The number of H-pyrrole nitrogens is 1. The third kappa shape index (κ3) is 2.57. The van der Waals surface area contributed by atoms with Crippen LogP contribution in [0.5, 0.6) is 0 Å². The zero-order chi connectivity index (χ0) is 15.2. The van der Waals surface area contributed by atoms with E-state index in [0.29, 0.717) is 16.9 Å². The largest absolute Gasteiger partial charge is 0.373 e. The fraction of sp³-hybridized carbons (Fsp3) is 0.562. The molecule has 5 heteroatoms. The lowest BCUT2D eigenvalue weighted by atomic mass is 9.71. The van der Waals surface area contributed by atoms with Crippen molar-refractivity contribution in [3.05, 3.63) is 29.1 Å². The van der Waals surface area contributed by atoms with E-state index < -0.39 is 6.23 Å². The number of pyridine rings is 1. The fourth-order valence-electron chi connectivity index (χ4n) is 3.26. The first-order chi connectivity index (χ1) is 9.90. The first kappa shape index (κ1) is 14.5. The number of aromatic nitrogens is 2. The van der Waals surface area contributed by atoms with Gasteiger partial charge in [0.25, 0.3) is 0 Å². The monoisotopic (exact) mass is 288 g/mol. The summed E-state index contributed by atoms with van der Waals surface area (Å²) in [5.41, 5.74) is 7.66. The van der Waals surface area contributed by atoms with Gasteiger partial charge in [0.1, 0.15) is 6.23 Å². The van der Waals surface area contributed by atoms with Crippen molar-refractivity contribution >= 4 is 11.0 Å². The zero-order valence-electron chi connectivity index (χ0n) is 12.9. The molecule has 5 nitrogen and oxygen atoms in total. The highest BCUT2D eigenvalue weighted by molar-refractivity contribution is 5.80. The molecule has 0 saturated carbocycles. The number of hydrazine groups is 1. The van der Waals surface area contributed by atoms with Crippen molar-refractivity contribution in [2.45, 2.75) is 46.3 Å². The quantitative estimate of drug-likeness (QED) is 0.387. The molecule has 1 aliphatic rings. The number of nitrogens with zero attached hydrogens (tertiary/aromatic N) is 1. The van der Waals surface area contributed by atoms with Gasteiger partial charge in [0, 0.05) is 17.5 Å². The maximum atomic E-state index is 9.87. The highest BCUT2D eigenvalue weighted by atomic mass is 16.3. The molecule has 3 rings (SSSR count). The van der Waals surface area contributed by atoms with E-state index in [9.17, 15) is 5.11 Å². The van der Waals surface area contributed by atoms with Gasteiger partial charge in [-0.25, -0.2) is 5.43 Å². The van der Waals surface area contributed by atoms with Gasteiger partial charge in [-0.05, 0) is 42.2 Å². The number of fused-ring (bicyclic) bond motifs is 2. The van der Waals surface area contributed by atoms with E-state index >= 15 is 0 Å². The Morgan fingerprint density at radius 3 is 2.90 bits per heavy atom. The van der Waals surface area contributed by atoms with Gasteiger partial charge in [0.15, 0.2) is 0 Å². The number of nitrogens with two attached hydrogens (primary N) is 1. The number of aliphatic hydroxyl groups excluding tert-OH is 1. The molecule has 5 N–H and O–H groups in total. The van der Waals surface area contributed by atoms with Crippen LogP contribution >= 0.6 is 0 Å². The van der Waals surface area contributed by atoms with E-state index in [1.165, 1.54) is 12.0 Å². The Labute approximate surface area is 124 Å². The van der Waals surface area contributed by atoms with Crippen LogP contribution in [0.25, 0.3) is 11.0 Å². The average molecular weight is 288 g/mol. The van der Waals surface area contributed by atoms with Crippen LogP contribution in [0.2, 0.25) is 0 Å². The highest BCUT2D eigenvalue weighted by Crippen LogP contribution is 2.37. The molecule has 0 radical (unpaired) electrons. The molecule has 114 valence electrons. The molecule has 0 fully saturated rings. The van der Waals surface area contributed by atoms with E-state index in [2.05, 4.69) is 37.2 Å². The number of hydrogen-bond acceptors (Lipinski definition) is 4. The van der Waals surface area contributed by atoms with Gasteiger partial charge < -0.3 is 10.1 Å². The van der Waals surface area contributed by atoms with Crippen molar-refractivity contribution in [3.63, 3.8) is 0 Å². The summed E-state index contributed by atoms with van der Waals surface area (Å²) in [5.74, 6) is 6.01. The van der Waals surface area contributed by atoms with Gasteiger partial charge >= 0.3 is 0 Å². The van der Waals surface area contributed by atoms with Crippen LogP contribution in [0.15, 0.2) is 12.3 Å². The number of aromatic amines is 1. The van der Waals surface area contributed by atoms with E-state index in [1.54, 1.807) is 6.20 Å². The number of nitrogens with one attached hydrogen (secondary N) is 2. The van der Waals surface area contributed by atoms with E-state index in [1.807, 2.05) is 0 Å². The van der Waals surface area contributed by atoms with Gasteiger partial charge in [-0.2, -0.15) is 0 Å². The Bertz CT molecular complexity index is 656. The Hall–Kier alpha value is -1.43. The van der Waals surface area contributed by atoms with Crippen LogP contribution in [0.1, 0.15) is 50.2 Å². The number of rotatable bonds is 2. The molecule has 2 heterocycles. The summed E-state index contributed by atoms with van der Waals surface area (Å²) in [6.45, 7) is 6.93. The van der Waals surface area contributed by atoms with Crippen molar-refractivity contribution in [3.8, 4) is 0 Å². The molecule has 0 bridgehead atoms. The molecule has 0 spiro atoms. The van der Waals surface area contributed by atoms with Gasteiger partial charge in [-0.1, -0.05) is 20.8 Å². The Morgan fingerprint density at radius 1 is 1.48 bits per heavy atom. The predicted octanol–water partition coefficient (Wildman–Crippen LogP) is 2.17. The van der Waals surface area contributed by atoms with Crippen molar-refractivity contribution in [1.82, 2.24) is 15.4 Å². The minimum absolute atomic E-state index is 0.327. The second-order valence-electron chi connectivity index (χ2n) is 7.11. The van der Waals surface area contributed by atoms with Crippen LogP contribution in [0, 0.1) is 11.3 Å². The second kappa shape index (κ2) is 5.09. The normalized spacial score (nSPS) is 20.5. The number of aryl methyl sites for hydroxylation is 1. The first-order valence-corrected chi connectivity index (χ1v) is 7.54. The average Bonchev–Trinajstić information content (AvgIpc) is 2.85. The van der Waals surface area contributed by atoms with E-state index in [0.717, 1.165) is 29.6 Å². The van der Waals surface area contributed by atoms with Crippen molar-refractivity contribution in [1.29, 1.82) is 0 Å². The second-order valence-corrected chi connectivity index (χ2v) is 7.11. The van der Waals surface area contributed by atoms with Crippen molar-refractivity contribution < 1.29 is 5.11 Å². The van der Waals surface area contributed by atoms with E-state index in [4.69, 9.17) is 10.8 Å². The Kier molecular flexibility index (Phi) is 3.51. The summed E-state index contributed by atoms with van der Waals surface area (Å²) in [7, 11) is 0. The highest BCUT2D eigenvalue weighted by Gasteiger charge is 2.29. The summed E-state index contributed by atoms with van der Waals surface area (Å²) >= 11 is 0. The topological polar surface area (TPSA) is 87.0 Å². The molecule has 0 aromatic carbocycles. The molecule has 0 saturated heterocycles. The minimum Gasteiger partial charge on any atom is -0.373 e. The first-order valence-electron chi connectivity index (χ1n) is 7.54. The molecule has 2 aromatic heterocycles. The molecular weight excluding hydrogens is 264 g/mol. The summed E-state index contributed by atoms with van der Waals surface area (Å²) in [6.07, 6.45) is 4.13. The zero-order valence-corrected chi connectivity index (χ0v) is 12.9. The van der Waals surface area contributed by atoms with Crippen LogP contribution in [0.4, 0.5) is 0 Å². The third-order valence-corrected chi connectivity index (χ3v) is 4.72. The standard InChI is InChI=1S/C16H24N4O/c1-16(2,3)10-4-5-12-9(6-10)7-13-14(19-12)11(8-18-13)15(21)20-17/h7-8,10,15,18,20-21H,4-6,17H2,1-3H3. The van der Waals surface area contributed by atoms with Gasteiger partial charge in [0.2, 0.25) is 0 Å². The summed E-state index contributed by atoms with van der Waals surface area (Å²) < 4.78 is 0. The van der Waals surface area contributed by atoms with E-state index in [-0.39, 0.29) is 0 Å². The van der Waals surface area contributed by atoms with Gasteiger partial charge in [-0.3, -0.25) is 10.8 Å². The minimum atomic E-state index is -0.893.